The lowest BCUT2D eigenvalue weighted by molar-refractivity contribution is -0.136. The SMILES string of the molecule is CCCCCCCCN1CCCc2c1cc(C)c(CC(=O)O)c2C. The molecular weight excluding hydrogens is 298 g/mol. The molecule has 0 atom stereocenters. The normalized spacial score (nSPS) is 13.9. The minimum atomic E-state index is -0.735. The van der Waals surface area contributed by atoms with Crippen molar-refractivity contribution < 1.29 is 9.90 Å². The summed E-state index contributed by atoms with van der Waals surface area (Å²) in [6.45, 7) is 8.70. The summed E-state index contributed by atoms with van der Waals surface area (Å²) in [6, 6.07) is 2.23. The zero-order valence-corrected chi connectivity index (χ0v) is 15.7. The lowest BCUT2D eigenvalue weighted by Gasteiger charge is -2.34. The first-order chi connectivity index (χ1) is 11.5. The number of fused-ring (bicyclic) bond motifs is 1. The van der Waals surface area contributed by atoms with Crippen molar-refractivity contribution in [2.24, 2.45) is 0 Å². The maximum absolute atomic E-state index is 11.1. The summed E-state index contributed by atoms with van der Waals surface area (Å²) in [4.78, 5) is 13.7. The third-order valence-corrected chi connectivity index (χ3v) is 5.35. The van der Waals surface area contributed by atoms with E-state index < -0.39 is 5.97 Å². The molecule has 0 aromatic heterocycles. The lowest BCUT2D eigenvalue weighted by atomic mass is 9.89. The molecule has 0 spiro atoms. The van der Waals surface area contributed by atoms with E-state index in [0.29, 0.717) is 0 Å². The van der Waals surface area contributed by atoms with Crippen molar-refractivity contribution in [2.45, 2.75) is 78.6 Å². The maximum atomic E-state index is 11.1. The van der Waals surface area contributed by atoms with Gasteiger partial charge in [0, 0.05) is 18.8 Å². The highest BCUT2D eigenvalue weighted by molar-refractivity contribution is 5.73. The first kappa shape index (κ1) is 18.8. The number of benzene rings is 1. The van der Waals surface area contributed by atoms with Crippen LogP contribution in [-0.2, 0) is 17.6 Å². The van der Waals surface area contributed by atoms with Crippen LogP contribution in [0.1, 0.15) is 74.1 Å². The van der Waals surface area contributed by atoms with Crippen molar-refractivity contribution in [3.8, 4) is 0 Å². The molecular formula is C21H33NO2. The Kier molecular flexibility index (Phi) is 7.14. The zero-order chi connectivity index (χ0) is 17.5. The summed E-state index contributed by atoms with van der Waals surface area (Å²) in [7, 11) is 0. The van der Waals surface area contributed by atoms with Crippen LogP contribution in [0.2, 0.25) is 0 Å². The predicted octanol–water partition coefficient (Wildman–Crippen LogP) is 5.04. The molecule has 0 amide bonds. The van der Waals surface area contributed by atoms with Gasteiger partial charge in [0.15, 0.2) is 0 Å². The summed E-state index contributed by atoms with van der Waals surface area (Å²) in [5, 5.41) is 9.17. The standard InChI is InChI=1S/C21H33NO2/c1-4-5-6-7-8-9-12-22-13-10-11-18-17(3)19(15-21(23)24)16(2)14-20(18)22/h14H,4-13,15H2,1-3H3,(H,23,24). The van der Waals surface area contributed by atoms with Crippen LogP contribution >= 0.6 is 0 Å². The van der Waals surface area contributed by atoms with Gasteiger partial charge >= 0.3 is 5.97 Å². The highest BCUT2D eigenvalue weighted by atomic mass is 16.4. The van der Waals surface area contributed by atoms with E-state index in [2.05, 4.69) is 31.7 Å². The molecule has 2 rings (SSSR count). The van der Waals surface area contributed by atoms with E-state index in [4.69, 9.17) is 5.11 Å². The third-order valence-electron chi connectivity index (χ3n) is 5.35. The van der Waals surface area contributed by atoms with E-state index in [1.807, 2.05) is 0 Å². The number of carbonyl (C=O) groups is 1. The summed E-state index contributed by atoms with van der Waals surface area (Å²) in [6.07, 6.45) is 10.4. The molecule has 0 radical (unpaired) electrons. The number of nitrogens with zero attached hydrogens (tertiary/aromatic N) is 1. The fourth-order valence-corrected chi connectivity index (χ4v) is 3.95. The Morgan fingerprint density at radius 2 is 1.88 bits per heavy atom. The number of hydrogen-bond acceptors (Lipinski definition) is 2. The Morgan fingerprint density at radius 3 is 2.58 bits per heavy atom. The minimum absolute atomic E-state index is 0.141. The van der Waals surface area contributed by atoms with Crippen LogP contribution in [0.15, 0.2) is 6.07 Å². The lowest BCUT2D eigenvalue weighted by Crippen LogP contribution is -2.31. The molecule has 134 valence electrons. The van der Waals surface area contributed by atoms with Gasteiger partial charge in [0.1, 0.15) is 0 Å². The highest BCUT2D eigenvalue weighted by Gasteiger charge is 2.22. The van der Waals surface area contributed by atoms with Crippen molar-refractivity contribution in [1.29, 1.82) is 0 Å². The number of carboxylic acid groups (broad SMARTS) is 1. The summed E-state index contributed by atoms with van der Waals surface area (Å²) < 4.78 is 0. The number of anilines is 1. The molecule has 1 N–H and O–H groups in total. The Hall–Kier alpha value is -1.51. The van der Waals surface area contributed by atoms with E-state index in [9.17, 15) is 4.79 Å². The highest BCUT2D eigenvalue weighted by Crippen LogP contribution is 2.34. The van der Waals surface area contributed by atoms with Crippen molar-refractivity contribution in [2.75, 3.05) is 18.0 Å². The molecule has 0 saturated carbocycles. The van der Waals surface area contributed by atoms with Crippen molar-refractivity contribution >= 4 is 11.7 Å². The summed E-state index contributed by atoms with van der Waals surface area (Å²) in [5.41, 5.74) is 6.10. The molecule has 1 aromatic carbocycles. The van der Waals surface area contributed by atoms with Crippen LogP contribution in [0.4, 0.5) is 5.69 Å². The maximum Gasteiger partial charge on any atom is 0.307 e. The zero-order valence-electron chi connectivity index (χ0n) is 15.7. The molecule has 0 saturated heterocycles. The van der Waals surface area contributed by atoms with Crippen LogP contribution in [0, 0.1) is 13.8 Å². The smallest absolute Gasteiger partial charge is 0.307 e. The van der Waals surface area contributed by atoms with Gasteiger partial charge in [-0.3, -0.25) is 4.79 Å². The van der Waals surface area contributed by atoms with E-state index >= 15 is 0 Å². The van der Waals surface area contributed by atoms with Gasteiger partial charge in [-0.1, -0.05) is 39.0 Å². The fourth-order valence-electron chi connectivity index (χ4n) is 3.95. The number of hydrogen-bond donors (Lipinski definition) is 1. The van der Waals surface area contributed by atoms with Gasteiger partial charge in [-0.25, -0.2) is 0 Å². The van der Waals surface area contributed by atoms with E-state index in [-0.39, 0.29) is 6.42 Å². The summed E-state index contributed by atoms with van der Waals surface area (Å²) >= 11 is 0. The van der Waals surface area contributed by atoms with Crippen molar-refractivity contribution in [1.82, 2.24) is 0 Å². The summed E-state index contributed by atoms with van der Waals surface area (Å²) in [5.74, 6) is -0.735. The average molecular weight is 332 g/mol. The molecule has 1 aromatic rings. The van der Waals surface area contributed by atoms with Crippen LogP contribution in [0.3, 0.4) is 0 Å². The van der Waals surface area contributed by atoms with Gasteiger partial charge in [-0.05, 0) is 61.4 Å². The topological polar surface area (TPSA) is 40.5 Å². The molecule has 1 aliphatic rings. The largest absolute Gasteiger partial charge is 0.481 e. The van der Waals surface area contributed by atoms with E-state index in [1.165, 1.54) is 61.8 Å². The third kappa shape index (κ3) is 4.75. The Morgan fingerprint density at radius 1 is 1.17 bits per heavy atom. The van der Waals surface area contributed by atoms with Crippen molar-refractivity contribution in [3.63, 3.8) is 0 Å². The van der Waals surface area contributed by atoms with E-state index in [1.54, 1.807) is 0 Å². The second-order valence-corrected chi connectivity index (χ2v) is 7.22. The van der Waals surface area contributed by atoms with Gasteiger partial charge in [0.05, 0.1) is 6.42 Å². The van der Waals surface area contributed by atoms with Gasteiger partial charge < -0.3 is 10.0 Å². The molecule has 0 aliphatic carbocycles. The van der Waals surface area contributed by atoms with Crippen LogP contribution in [0.5, 0.6) is 0 Å². The van der Waals surface area contributed by atoms with Crippen LogP contribution in [0.25, 0.3) is 0 Å². The fraction of sp³-hybridized carbons (Fsp3) is 0.667. The van der Waals surface area contributed by atoms with E-state index in [0.717, 1.165) is 30.6 Å². The predicted molar refractivity (Wildman–Crippen MR) is 101 cm³/mol. The Balaban J connectivity index is 2.05. The molecule has 0 unspecified atom stereocenters. The Bertz CT molecular complexity index is 565. The second kappa shape index (κ2) is 9.10. The quantitative estimate of drug-likeness (QED) is 0.644. The van der Waals surface area contributed by atoms with Crippen LogP contribution < -0.4 is 4.90 Å². The minimum Gasteiger partial charge on any atom is -0.481 e. The van der Waals surface area contributed by atoms with Gasteiger partial charge in [0.25, 0.3) is 0 Å². The molecule has 1 heterocycles. The number of aliphatic carboxylic acids is 1. The van der Waals surface area contributed by atoms with Gasteiger partial charge in [-0.2, -0.15) is 0 Å². The number of aryl methyl sites for hydroxylation is 1. The molecule has 3 heteroatoms. The van der Waals surface area contributed by atoms with Gasteiger partial charge in [0.2, 0.25) is 0 Å². The van der Waals surface area contributed by atoms with Crippen LogP contribution in [-0.4, -0.2) is 24.2 Å². The number of unbranched alkanes of at least 4 members (excludes halogenated alkanes) is 5. The Labute approximate surface area is 147 Å². The number of rotatable bonds is 9. The van der Waals surface area contributed by atoms with Gasteiger partial charge in [-0.15, -0.1) is 0 Å². The first-order valence-corrected chi connectivity index (χ1v) is 9.63. The number of carboxylic acids is 1. The van der Waals surface area contributed by atoms with Crippen molar-refractivity contribution in [3.05, 3.63) is 28.3 Å². The average Bonchev–Trinajstić information content (AvgIpc) is 2.55. The molecule has 24 heavy (non-hydrogen) atoms. The molecule has 0 fully saturated rings. The molecule has 1 aliphatic heterocycles. The monoisotopic (exact) mass is 331 g/mol. The molecule has 3 nitrogen and oxygen atoms in total. The molecule has 0 bridgehead atoms. The second-order valence-electron chi connectivity index (χ2n) is 7.22. The first-order valence-electron chi connectivity index (χ1n) is 9.63.